The van der Waals surface area contributed by atoms with Gasteiger partial charge in [0, 0.05) is 37.0 Å². The first-order chi connectivity index (χ1) is 7.58. The summed E-state index contributed by atoms with van der Waals surface area (Å²) in [6, 6.07) is 3.11. The molecular formula is C11H10Cl2N2O. The summed E-state index contributed by atoms with van der Waals surface area (Å²) in [5.41, 5.74) is 0.846. The van der Waals surface area contributed by atoms with Crippen molar-refractivity contribution in [3.05, 3.63) is 46.0 Å². The van der Waals surface area contributed by atoms with Gasteiger partial charge in [0.15, 0.2) is 0 Å². The van der Waals surface area contributed by atoms with E-state index in [4.69, 9.17) is 23.2 Å². The van der Waals surface area contributed by atoms with E-state index in [9.17, 15) is 5.11 Å². The molecule has 1 aromatic carbocycles. The summed E-state index contributed by atoms with van der Waals surface area (Å²) in [5.74, 6) is 0.888. The number of imidazole rings is 1. The lowest BCUT2D eigenvalue weighted by molar-refractivity contribution is 0.475. The molecule has 0 aliphatic carbocycles. The molecule has 0 unspecified atom stereocenters. The third-order valence-corrected chi connectivity index (χ3v) is 3.04. The summed E-state index contributed by atoms with van der Waals surface area (Å²) in [7, 11) is 1.91. The minimum Gasteiger partial charge on any atom is -0.506 e. The quantitative estimate of drug-likeness (QED) is 0.897. The van der Waals surface area contributed by atoms with Crippen LogP contribution in [0.3, 0.4) is 0 Å². The Kier molecular flexibility index (Phi) is 3.08. The Hall–Kier alpha value is -1.19. The van der Waals surface area contributed by atoms with E-state index in [2.05, 4.69) is 4.98 Å². The Morgan fingerprint density at radius 2 is 2.06 bits per heavy atom. The molecule has 2 rings (SSSR count). The van der Waals surface area contributed by atoms with E-state index in [0.717, 1.165) is 11.4 Å². The second-order valence-corrected chi connectivity index (χ2v) is 4.34. The van der Waals surface area contributed by atoms with Crippen LogP contribution in [0.4, 0.5) is 0 Å². The molecule has 1 N–H and O–H groups in total. The number of phenols is 1. The van der Waals surface area contributed by atoms with Crippen molar-refractivity contribution in [1.82, 2.24) is 9.55 Å². The van der Waals surface area contributed by atoms with Crippen molar-refractivity contribution < 1.29 is 5.11 Å². The van der Waals surface area contributed by atoms with Crippen molar-refractivity contribution >= 4 is 23.2 Å². The lowest BCUT2D eigenvalue weighted by Gasteiger charge is -2.06. The molecule has 0 aliphatic heterocycles. The van der Waals surface area contributed by atoms with Gasteiger partial charge in [-0.05, 0) is 11.6 Å². The van der Waals surface area contributed by atoms with Crippen molar-refractivity contribution in [3.8, 4) is 5.75 Å². The van der Waals surface area contributed by atoms with E-state index in [1.165, 1.54) is 6.07 Å². The fourth-order valence-corrected chi connectivity index (χ4v) is 1.86. The van der Waals surface area contributed by atoms with Gasteiger partial charge >= 0.3 is 0 Å². The molecule has 1 heterocycles. The first kappa shape index (κ1) is 11.3. The third kappa shape index (κ3) is 2.15. The number of phenolic OH excluding ortho intramolecular Hbond substituents is 1. The Bertz CT molecular complexity index is 523. The van der Waals surface area contributed by atoms with Crippen LogP contribution < -0.4 is 0 Å². The fraction of sp³-hybridized carbons (Fsp3) is 0.182. The average Bonchev–Trinajstić information content (AvgIpc) is 2.61. The summed E-state index contributed by atoms with van der Waals surface area (Å²) in [6.07, 6.45) is 4.18. The molecule has 84 valence electrons. The van der Waals surface area contributed by atoms with Crippen molar-refractivity contribution in [1.29, 1.82) is 0 Å². The lowest BCUT2D eigenvalue weighted by Crippen LogP contribution is -1.99. The highest BCUT2D eigenvalue weighted by Crippen LogP contribution is 2.30. The van der Waals surface area contributed by atoms with Crippen LogP contribution in [0.25, 0.3) is 0 Å². The SMILES string of the molecule is Cn1ccnc1Cc1cc(Cl)c(O)cc1Cl. The average molecular weight is 257 g/mol. The summed E-state index contributed by atoms with van der Waals surface area (Å²) >= 11 is 11.8. The van der Waals surface area contributed by atoms with Crippen molar-refractivity contribution in [2.75, 3.05) is 0 Å². The van der Waals surface area contributed by atoms with Crippen molar-refractivity contribution in [3.63, 3.8) is 0 Å². The van der Waals surface area contributed by atoms with Crippen LogP contribution in [0.15, 0.2) is 24.5 Å². The number of nitrogens with zero attached hydrogens (tertiary/aromatic N) is 2. The molecule has 0 amide bonds. The van der Waals surface area contributed by atoms with Gasteiger partial charge in [-0.25, -0.2) is 4.98 Å². The summed E-state index contributed by atoms with van der Waals surface area (Å²) < 4.78 is 1.91. The van der Waals surface area contributed by atoms with Gasteiger partial charge in [0.2, 0.25) is 0 Å². The van der Waals surface area contributed by atoms with Crippen LogP contribution in [-0.2, 0) is 13.5 Å². The molecular weight excluding hydrogens is 247 g/mol. The molecule has 3 nitrogen and oxygen atoms in total. The molecule has 5 heteroatoms. The van der Waals surface area contributed by atoms with Gasteiger partial charge in [0.1, 0.15) is 11.6 Å². The lowest BCUT2D eigenvalue weighted by atomic mass is 10.1. The predicted octanol–water partition coefficient (Wildman–Crippen LogP) is 3.02. The predicted molar refractivity (Wildman–Crippen MR) is 64.1 cm³/mol. The fourth-order valence-electron chi connectivity index (χ4n) is 1.45. The van der Waals surface area contributed by atoms with Crippen molar-refractivity contribution in [2.45, 2.75) is 6.42 Å². The summed E-state index contributed by atoms with van der Waals surface area (Å²) in [5, 5.41) is 10.2. The molecule has 0 radical (unpaired) electrons. The number of aromatic hydroxyl groups is 1. The monoisotopic (exact) mass is 256 g/mol. The smallest absolute Gasteiger partial charge is 0.135 e. The van der Waals surface area contributed by atoms with Crippen LogP contribution in [0.5, 0.6) is 5.75 Å². The maximum atomic E-state index is 9.37. The number of aryl methyl sites for hydroxylation is 1. The number of rotatable bonds is 2. The molecule has 0 aliphatic rings. The van der Waals surface area contributed by atoms with Gasteiger partial charge in [-0.15, -0.1) is 0 Å². The third-order valence-electron chi connectivity index (χ3n) is 2.39. The van der Waals surface area contributed by atoms with E-state index in [-0.39, 0.29) is 5.75 Å². The second-order valence-electron chi connectivity index (χ2n) is 3.53. The Morgan fingerprint density at radius 3 is 2.69 bits per heavy atom. The van der Waals surface area contributed by atoms with Gasteiger partial charge in [-0.3, -0.25) is 0 Å². The van der Waals surface area contributed by atoms with E-state index in [1.807, 2.05) is 17.8 Å². The van der Waals surface area contributed by atoms with Crippen LogP contribution in [0, 0.1) is 0 Å². The molecule has 2 aromatic rings. The first-order valence-corrected chi connectivity index (χ1v) is 5.46. The zero-order valence-corrected chi connectivity index (χ0v) is 10.1. The zero-order chi connectivity index (χ0) is 11.7. The van der Waals surface area contributed by atoms with E-state index in [0.29, 0.717) is 16.5 Å². The maximum Gasteiger partial charge on any atom is 0.135 e. The van der Waals surface area contributed by atoms with Crippen molar-refractivity contribution in [2.24, 2.45) is 7.05 Å². The molecule has 0 spiro atoms. The Balaban J connectivity index is 2.35. The van der Waals surface area contributed by atoms with Crippen LogP contribution in [0.2, 0.25) is 10.0 Å². The minimum absolute atomic E-state index is 0.00439. The number of aromatic nitrogens is 2. The molecule has 0 saturated heterocycles. The largest absolute Gasteiger partial charge is 0.506 e. The highest BCUT2D eigenvalue weighted by atomic mass is 35.5. The van der Waals surface area contributed by atoms with Crippen LogP contribution in [0.1, 0.15) is 11.4 Å². The molecule has 16 heavy (non-hydrogen) atoms. The highest BCUT2D eigenvalue weighted by Gasteiger charge is 2.09. The molecule has 1 aromatic heterocycles. The first-order valence-electron chi connectivity index (χ1n) is 4.71. The van der Waals surface area contributed by atoms with Gasteiger partial charge in [0.25, 0.3) is 0 Å². The van der Waals surface area contributed by atoms with Crippen LogP contribution in [-0.4, -0.2) is 14.7 Å². The van der Waals surface area contributed by atoms with Crippen LogP contribution >= 0.6 is 23.2 Å². The molecule has 0 bridgehead atoms. The number of hydrogen-bond acceptors (Lipinski definition) is 2. The number of hydrogen-bond donors (Lipinski definition) is 1. The zero-order valence-electron chi connectivity index (χ0n) is 8.61. The standard InChI is InChI=1S/C11H10Cl2N2O/c1-15-3-2-14-11(15)5-7-4-9(13)10(16)6-8(7)12/h2-4,6,16H,5H2,1H3. The number of benzene rings is 1. The maximum absolute atomic E-state index is 9.37. The molecule has 0 saturated carbocycles. The van der Waals surface area contributed by atoms with E-state index in [1.54, 1.807) is 12.3 Å². The van der Waals surface area contributed by atoms with Gasteiger partial charge in [-0.2, -0.15) is 0 Å². The molecule has 0 atom stereocenters. The minimum atomic E-state index is -0.00439. The van der Waals surface area contributed by atoms with Gasteiger partial charge in [0.05, 0.1) is 5.02 Å². The van der Waals surface area contributed by atoms with Gasteiger partial charge < -0.3 is 9.67 Å². The second kappa shape index (κ2) is 4.36. The van der Waals surface area contributed by atoms with E-state index < -0.39 is 0 Å². The van der Waals surface area contributed by atoms with Gasteiger partial charge in [-0.1, -0.05) is 23.2 Å². The highest BCUT2D eigenvalue weighted by molar-refractivity contribution is 6.34. The summed E-state index contributed by atoms with van der Waals surface area (Å²) in [4.78, 5) is 4.20. The Labute approximate surface area is 103 Å². The number of halogens is 2. The molecule has 0 fully saturated rings. The summed E-state index contributed by atoms with van der Waals surface area (Å²) in [6.45, 7) is 0. The topological polar surface area (TPSA) is 38.0 Å². The van der Waals surface area contributed by atoms with E-state index >= 15 is 0 Å². The normalized spacial score (nSPS) is 10.7. The Morgan fingerprint density at radius 1 is 1.31 bits per heavy atom.